The fourth-order valence-corrected chi connectivity index (χ4v) is 3.53. The molecule has 0 saturated heterocycles. The lowest BCUT2D eigenvalue weighted by Crippen LogP contribution is -2.44. The van der Waals surface area contributed by atoms with Crippen LogP contribution < -0.4 is 0 Å². The Morgan fingerprint density at radius 1 is 1.22 bits per heavy atom. The number of hydrogen-bond donors (Lipinski definition) is 1. The molecule has 0 aliphatic heterocycles. The second-order valence-electron chi connectivity index (χ2n) is 7.28. The second-order valence-corrected chi connectivity index (χ2v) is 7.72. The Hall–Kier alpha value is -3.14. The lowest BCUT2D eigenvalue weighted by Gasteiger charge is -2.34. The zero-order chi connectivity index (χ0) is 22.7. The first-order chi connectivity index (χ1) is 15.3. The Morgan fingerprint density at radius 2 is 2.06 bits per heavy atom. The van der Waals surface area contributed by atoms with Crippen LogP contribution in [0.25, 0.3) is 11.3 Å². The van der Waals surface area contributed by atoms with Gasteiger partial charge in [0.05, 0.1) is 12.6 Å². The van der Waals surface area contributed by atoms with Gasteiger partial charge in [-0.3, -0.25) is 0 Å². The first-order valence-corrected chi connectivity index (χ1v) is 10.1. The van der Waals surface area contributed by atoms with Gasteiger partial charge in [-0.25, -0.2) is 18.4 Å². The molecule has 10 heteroatoms. The molecular formula is C22H19ClF2N4O3. The maximum Gasteiger partial charge on any atom is 0.163 e. The summed E-state index contributed by atoms with van der Waals surface area (Å²) < 4.78 is 40.5. The zero-order valence-electron chi connectivity index (χ0n) is 17.0. The first kappa shape index (κ1) is 22.1. The molecule has 0 aliphatic carbocycles. The minimum absolute atomic E-state index is 0.0444. The highest BCUT2D eigenvalue weighted by Crippen LogP contribution is 2.32. The molecule has 2 atom stereocenters. The van der Waals surface area contributed by atoms with Gasteiger partial charge in [0, 0.05) is 28.3 Å². The Bertz CT molecular complexity index is 1200. The maximum absolute atomic E-state index is 14.6. The number of rotatable bonds is 8. The lowest BCUT2D eigenvalue weighted by atomic mass is 9.88. The third-order valence-electron chi connectivity index (χ3n) is 5.09. The molecule has 166 valence electrons. The molecule has 32 heavy (non-hydrogen) atoms. The normalized spacial score (nSPS) is 14.3. The number of aromatic nitrogens is 4. The third-order valence-corrected chi connectivity index (χ3v) is 5.33. The maximum atomic E-state index is 14.6. The van der Waals surface area contributed by atoms with Crippen LogP contribution in [0.2, 0.25) is 5.02 Å². The van der Waals surface area contributed by atoms with Crippen LogP contribution in [0.3, 0.4) is 0 Å². The number of benzene rings is 2. The van der Waals surface area contributed by atoms with E-state index >= 15 is 0 Å². The highest BCUT2D eigenvalue weighted by molar-refractivity contribution is 6.30. The SMILES string of the molecule is C[C@@H](OCc1cc(-c2cccc(Cl)c2)no1)C(O)(Cn1cncn1)c1ccc(F)cc1F. The van der Waals surface area contributed by atoms with Crippen LogP contribution in [0.5, 0.6) is 0 Å². The van der Waals surface area contributed by atoms with E-state index in [-0.39, 0.29) is 18.7 Å². The van der Waals surface area contributed by atoms with Gasteiger partial charge in [0.25, 0.3) is 0 Å². The number of nitrogens with zero attached hydrogens (tertiary/aromatic N) is 4. The molecule has 2 aromatic heterocycles. The Labute approximate surface area is 187 Å². The van der Waals surface area contributed by atoms with Gasteiger partial charge in [-0.15, -0.1) is 0 Å². The van der Waals surface area contributed by atoms with Gasteiger partial charge in [-0.1, -0.05) is 35.0 Å². The van der Waals surface area contributed by atoms with Crippen molar-refractivity contribution in [2.45, 2.75) is 31.8 Å². The van der Waals surface area contributed by atoms with Gasteiger partial charge >= 0.3 is 0 Å². The Balaban J connectivity index is 1.55. The fraction of sp³-hybridized carbons (Fsp3) is 0.227. The highest BCUT2D eigenvalue weighted by atomic mass is 35.5. The topological polar surface area (TPSA) is 86.2 Å². The molecule has 0 radical (unpaired) electrons. The summed E-state index contributed by atoms with van der Waals surface area (Å²) in [6.45, 7) is 1.37. The molecule has 2 heterocycles. The lowest BCUT2D eigenvalue weighted by molar-refractivity contribution is -0.126. The van der Waals surface area contributed by atoms with E-state index in [4.69, 9.17) is 20.9 Å². The summed E-state index contributed by atoms with van der Waals surface area (Å²) in [4.78, 5) is 3.84. The summed E-state index contributed by atoms with van der Waals surface area (Å²) in [6, 6.07) is 11.8. The molecule has 4 aromatic rings. The molecule has 0 aliphatic rings. The van der Waals surface area contributed by atoms with Crippen molar-refractivity contribution >= 4 is 11.6 Å². The van der Waals surface area contributed by atoms with Gasteiger partial charge in [-0.2, -0.15) is 5.10 Å². The third kappa shape index (κ3) is 4.69. The van der Waals surface area contributed by atoms with Crippen molar-refractivity contribution in [2.75, 3.05) is 0 Å². The predicted octanol–water partition coefficient (Wildman–Crippen LogP) is 4.36. The van der Waals surface area contributed by atoms with E-state index in [0.29, 0.717) is 22.5 Å². The molecule has 1 N–H and O–H groups in total. The molecule has 0 fully saturated rings. The van der Waals surface area contributed by atoms with Gasteiger partial charge in [0.2, 0.25) is 0 Å². The van der Waals surface area contributed by atoms with Gasteiger partial charge < -0.3 is 14.4 Å². The Kier molecular flexibility index (Phi) is 6.31. The highest BCUT2D eigenvalue weighted by Gasteiger charge is 2.40. The summed E-state index contributed by atoms with van der Waals surface area (Å²) >= 11 is 6.02. The van der Waals surface area contributed by atoms with Crippen molar-refractivity contribution in [3.63, 3.8) is 0 Å². The smallest absolute Gasteiger partial charge is 0.163 e. The van der Waals surface area contributed by atoms with E-state index < -0.39 is 23.3 Å². The van der Waals surface area contributed by atoms with Crippen molar-refractivity contribution in [3.8, 4) is 11.3 Å². The van der Waals surface area contributed by atoms with Crippen LogP contribution in [-0.2, 0) is 23.5 Å². The standard InChI is InChI=1S/C22H19ClF2N4O3/c1-14(31-10-18-9-21(28-32-18)15-3-2-4-16(23)7-15)22(30,11-29-13-26-12-27-29)19-6-5-17(24)8-20(19)25/h2-9,12-14,30H,10-11H2,1H3/t14-,22?/m1/s1. The van der Waals surface area contributed by atoms with Crippen molar-refractivity contribution in [2.24, 2.45) is 0 Å². The monoisotopic (exact) mass is 460 g/mol. The van der Waals surface area contributed by atoms with Gasteiger partial charge in [0.15, 0.2) is 5.76 Å². The largest absolute Gasteiger partial charge is 0.380 e. The molecular weight excluding hydrogens is 442 g/mol. The molecule has 0 saturated carbocycles. The molecule has 0 bridgehead atoms. The van der Waals surface area contributed by atoms with Crippen molar-refractivity contribution in [3.05, 3.63) is 89.2 Å². The van der Waals surface area contributed by atoms with Crippen LogP contribution in [0.15, 0.2) is 65.7 Å². The van der Waals surface area contributed by atoms with Gasteiger partial charge in [-0.05, 0) is 25.1 Å². The zero-order valence-corrected chi connectivity index (χ0v) is 17.7. The minimum atomic E-state index is -1.87. The van der Waals surface area contributed by atoms with Crippen molar-refractivity contribution in [1.29, 1.82) is 0 Å². The Morgan fingerprint density at radius 3 is 2.78 bits per heavy atom. The van der Waals surface area contributed by atoms with Crippen LogP contribution in [-0.4, -0.2) is 31.1 Å². The van der Waals surface area contributed by atoms with Crippen molar-refractivity contribution in [1.82, 2.24) is 19.9 Å². The van der Waals surface area contributed by atoms with E-state index in [9.17, 15) is 13.9 Å². The van der Waals surface area contributed by atoms with Crippen molar-refractivity contribution < 1.29 is 23.1 Å². The summed E-state index contributed by atoms with van der Waals surface area (Å²) in [5, 5.41) is 20.0. The van der Waals surface area contributed by atoms with E-state index in [1.165, 1.54) is 23.4 Å². The summed E-state index contributed by atoms with van der Waals surface area (Å²) in [5.41, 5.74) is -0.654. The molecule has 7 nitrogen and oxygen atoms in total. The number of halogens is 3. The van der Waals surface area contributed by atoms with E-state index in [1.54, 1.807) is 31.2 Å². The van der Waals surface area contributed by atoms with Gasteiger partial charge in [0.1, 0.15) is 42.2 Å². The van der Waals surface area contributed by atoms with E-state index in [1.807, 2.05) is 6.07 Å². The van der Waals surface area contributed by atoms with Crippen LogP contribution in [0.4, 0.5) is 8.78 Å². The fourth-order valence-electron chi connectivity index (χ4n) is 3.34. The second kappa shape index (κ2) is 9.15. The van der Waals surface area contributed by atoms with Crippen LogP contribution >= 0.6 is 11.6 Å². The quantitative estimate of drug-likeness (QED) is 0.420. The molecule has 4 rings (SSSR count). The summed E-state index contributed by atoms with van der Waals surface area (Å²) in [7, 11) is 0. The molecule has 0 amide bonds. The average Bonchev–Trinajstić information content (AvgIpc) is 3.44. The molecule has 1 unspecified atom stereocenters. The average molecular weight is 461 g/mol. The number of aliphatic hydroxyl groups is 1. The van der Waals surface area contributed by atoms with Crippen LogP contribution in [0.1, 0.15) is 18.2 Å². The summed E-state index contributed by atoms with van der Waals surface area (Å²) in [6.07, 6.45) is 1.73. The summed E-state index contributed by atoms with van der Waals surface area (Å²) in [5.74, 6) is -1.25. The minimum Gasteiger partial charge on any atom is -0.380 e. The predicted molar refractivity (Wildman–Crippen MR) is 111 cm³/mol. The van der Waals surface area contributed by atoms with E-state index in [0.717, 1.165) is 11.6 Å². The number of hydrogen-bond acceptors (Lipinski definition) is 6. The van der Waals surface area contributed by atoms with Crippen LogP contribution in [0, 0.1) is 11.6 Å². The molecule has 0 spiro atoms. The van der Waals surface area contributed by atoms with E-state index in [2.05, 4.69) is 15.2 Å². The number of ether oxygens (including phenoxy) is 1. The molecule has 2 aromatic carbocycles. The first-order valence-electron chi connectivity index (χ1n) is 9.68.